The van der Waals surface area contributed by atoms with Crippen molar-refractivity contribution in [2.75, 3.05) is 20.2 Å². The Bertz CT molecular complexity index is 375. The van der Waals surface area contributed by atoms with Crippen molar-refractivity contribution in [2.45, 2.75) is 32.4 Å². The Labute approximate surface area is 109 Å². The number of ether oxygens (including phenoxy) is 1. The van der Waals surface area contributed by atoms with Gasteiger partial charge in [-0.15, -0.1) is 0 Å². The smallest absolute Gasteiger partial charge is 0.118 e. The maximum Gasteiger partial charge on any atom is 0.118 e. The number of benzene rings is 1. The highest BCUT2D eigenvalue weighted by molar-refractivity contribution is 5.29. The quantitative estimate of drug-likeness (QED) is 0.889. The maximum absolute atomic E-state index is 9.65. The molecule has 0 bridgehead atoms. The van der Waals surface area contributed by atoms with Crippen molar-refractivity contribution in [3.05, 3.63) is 29.8 Å². The molecular formula is C15H23NO2. The predicted octanol–water partition coefficient (Wildman–Crippen LogP) is 2.46. The standard InChI is InChI=1S/C15H23NO2/c1-11(13-4-6-15(18-3)7-5-13)16-9-8-14(10-16)12(2)17/h4-7,11-12,14,17H,8-10H2,1-3H3/t11-,12-,14-/m1/s1. The van der Waals surface area contributed by atoms with Crippen LogP contribution in [0.4, 0.5) is 0 Å². The van der Waals surface area contributed by atoms with E-state index < -0.39 is 0 Å². The maximum atomic E-state index is 9.65. The molecule has 1 fully saturated rings. The Morgan fingerprint density at radius 3 is 2.44 bits per heavy atom. The number of nitrogens with zero attached hydrogens (tertiary/aromatic N) is 1. The van der Waals surface area contributed by atoms with Crippen LogP contribution in [-0.4, -0.2) is 36.3 Å². The first-order chi connectivity index (χ1) is 8.61. The Morgan fingerprint density at radius 1 is 1.28 bits per heavy atom. The molecule has 100 valence electrons. The van der Waals surface area contributed by atoms with Crippen molar-refractivity contribution in [2.24, 2.45) is 5.92 Å². The van der Waals surface area contributed by atoms with E-state index in [0.29, 0.717) is 12.0 Å². The molecule has 0 aliphatic carbocycles. The number of hydrogen-bond donors (Lipinski definition) is 1. The minimum absolute atomic E-state index is 0.196. The molecule has 0 amide bonds. The van der Waals surface area contributed by atoms with Crippen molar-refractivity contribution < 1.29 is 9.84 Å². The number of rotatable bonds is 4. The molecule has 1 aliphatic heterocycles. The fourth-order valence-electron chi connectivity index (χ4n) is 2.65. The number of aliphatic hydroxyl groups excluding tert-OH is 1. The van der Waals surface area contributed by atoms with Gasteiger partial charge in [-0.25, -0.2) is 0 Å². The summed E-state index contributed by atoms with van der Waals surface area (Å²) in [6, 6.07) is 8.67. The normalized spacial score (nSPS) is 23.9. The monoisotopic (exact) mass is 249 g/mol. The Balaban J connectivity index is 2.00. The van der Waals surface area contributed by atoms with Crippen LogP contribution < -0.4 is 4.74 Å². The second-order valence-electron chi connectivity index (χ2n) is 5.23. The molecule has 1 saturated heterocycles. The van der Waals surface area contributed by atoms with E-state index in [0.717, 1.165) is 25.3 Å². The molecule has 1 N–H and O–H groups in total. The van der Waals surface area contributed by atoms with E-state index in [1.807, 2.05) is 19.1 Å². The molecule has 0 saturated carbocycles. The summed E-state index contributed by atoms with van der Waals surface area (Å²) in [5, 5.41) is 9.65. The lowest BCUT2D eigenvalue weighted by Crippen LogP contribution is -2.26. The van der Waals surface area contributed by atoms with Gasteiger partial charge in [0.25, 0.3) is 0 Å². The first-order valence-electron chi connectivity index (χ1n) is 6.68. The van der Waals surface area contributed by atoms with Crippen LogP contribution in [0, 0.1) is 5.92 Å². The first kappa shape index (κ1) is 13.4. The average molecular weight is 249 g/mol. The van der Waals surface area contributed by atoms with E-state index >= 15 is 0 Å². The van der Waals surface area contributed by atoms with Gasteiger partial charge in [0.1, 0.15) is 5.75 Å². The molecule has 1 aromatic carbocycles. The largest absolute Gasteiger partial charge is 0.497 e. The third-order valence-electron chi connectivity index (χ3n) is 4.08. The highest BCUT2D eigenvalue weighted by atomic mass is 16.5. The molecule has 3 heteroatoms. The van der Waals surface area contributed by atoms with Gasteiger partial charge in [-0.05, 0) is 50.4 Å². The minimum Gasteiger partial charge on any atom is -0.497 e. The Morgan fingerprint density at radius 2 is 1.94 bits per heavy atom. The lowest BCUT2D eigenvalue weighted by molar-refractivity contribution is 0.123. The zero-order valence-electron chi connectivity index (χ0n) is 11.5. The SMILES string of the molecule is COc1ccc([C@@H](C)N2CC[C@@H]([C@@H](C)O)C2)cc1. The third kappa shape index (κ3) is 2.85. The van der Waals surface area contributed by atoms with Crippen LogP contribution in [0.2, 0.25) is 0 Å². The fraction of sp³-hybridized carbons (Fsp3) is 0.600. The summed E-state index contributed by atoms with van der Waals surface area (Å²) in [6.07, 6.45) is 0.899. The van der Waals surface area contributed by atoms with Gasteiger partial charge in [0.05, 0.1) is 13.2 Å². The van der Waals surface area contributed by atoms with Gasteiger partial charge in [-0.2, -0.15) is 0 Å². The van der Waals surface area contributed by atoms with Crippen LogP contribution in [0.25, 0.3) is 0 Å². The molecular weight excluding hydrogens is 226 g/mol. The molecule has 1 heterocycles. The predicted molar refractivity (Wildman–Crippen MR) is 72.8 cm³/mol. The Hall–Kier alpha value is -1.06. The summed E-state index contributed by atoms with van der Waals surface area (Å²) < 4.78 is 5.18. The average Bonchev–Trinajstić information content (AvgIpc) is 2.88. The highest BCUT2D eigenvalue weighted by Crippen LogP contribution is 2.29. The van der Waals surface area contributed by atoms with Gasteiger partial charge in [-0.1, -0.05) is 12.1 Å². The summed E-state index contributed by atoms with van der Waals surface area (Å²) in [5.41, 5.74) is 1.31. The van der Waals surface area contributed by atoms with Crippen LogP contribution >= 0.6 is 0 Å². The van der Waals surface area contributed by atoms with Gasteiger partial charge < -0.3 is 9.84 Å². The molecule has 0 spiro atoms. The van der Waals surface area contributed by atoms with Gasteiger partial charge in [-0.3, -0.25) is 4.90 Å². The molecule has 2 rings (SSSR count). The van der Waals surface area contributed by atoms with Gasteiger partial charge in [0.15, 0.2) is 0 Å². The van der Waals surface area contributed by atoms with Gasteiger partial charge >= 0.3 is 0 Å². The zero-order valence-corrected chi connectivity index (χ0v) is 11.5. The highest BCUT2D eigenvalue weighted by Gasteiger charge is 2.29. The molecule has 1 aromatic rings. The summed E-state index contributed by atoms with van der Waals surface area (Å²) in [5.74, 6) is 1.32. The number of hydrogen-bond acceptors (Lipinski definition) is 3. The van der Waals surface area contributed by atoms with E-state index in [9.17, 15) is 5.11 Å². The van der Waals surface area contributed by atoms with Crippen molar-refractivity contribution in [1.29, 1.82) is 0 Å². The number of methoxy groups -OCH3 is 1. The van der Waals surface area contributed by atoms with E-state index in [1.165, 1.54) is 5.56 Å². The van der Waals surface area contributed by atoms with E-state index in [4.69, 9.17) is 4.74 Å². The molecule has 0 unspecified atom stereocenters. The second-order valence-corrected chi connectivity index (χ2v) is 5.23. The summed E-state index contributed by atoms with van der Waals surface area (Å²) in [7, 11) is 1.69. The van der Waals surface area contributed by atoms with Gasteiger partial charge in [0.2, 0.25) is 0 Å². The molecule has 0 aromatic heterocycles. The van der Waals surface area contributed by atoms with Crippen molar-refractivity contribution in [3.8, 4) is 5.75 Å². The van der Waals surface area contributed by atoms with Crippen LogP contribution in [0.15, 0.2) is 24.3 Å². The van der Waals surface area contributed by atoms with Crippen molar-refractivity contribution in [1.82, 2.24) is 4.90 Å². The van der Waals surface area contributed by atoms with Crippen LogP contribution in [0.1, 0.15) is 31.9 Å². The lowest BCUT2D eigenvalue weighted by atomic mass is 10.0. The van der Waals surface area contributed by atoms with Crippen LogP contribution in [-0.2, 0) is 0 Å². The Kier molecular flexibility index (Phi) is 4.25. The molecule has 1 aliphatic rings. The second kappa shape index (κ2) is 5.72. The molecule has 0 radical (unpaired) electrons. The van der Waals surface area contributed by atoms with E-state index in [-0.39, 0.29) is 6.10 Å². The summed E-state index contributed by atoms with van der Waals surface area (Å²) in [4.78, 5) is 2.44. The van der Waals surface area contributed by atoms with Gasteiger partial charge in [0, 0.05) is 12.6 Å². The number of aliphatic hydroxyl groups is 1. The van der Waals surface area contributed by atoms with Crippen LogP contribution in [0.5, 0.6) is 5.75 Å². The van der Waals surface area contributed by atoms with Crippen molar-refractivity contribution >= 4 is 0 Å². The van der Waals surface area contributed by atoms with E-state index in [1.54, 1.807) is 7.11 Å². The summed E-state index contributed by atoms with van der Waals surface area (Å²) in [6.45, 7) is 6.19. The topological polar surface area (TPSA) is 32.7 Å². The van der Waals surface area contributed by atoms with E-state index in [2.05, 4.69) is 24.0 Å². The third-order valence-corrected chi connectivity index (χ3v) is 4.08. The molecule has 18 heavy (non-hydrogen) atoms. The fourth-order valence-corrected chi connectivity index (χ4v) is 2.65. The first-order valence-corrected chi connectivity index (χ1v) is 6.68. The van der Waals surface area contributed by atoms with Crippen molar-refractivity contribution in [3.63, 3.8) is 0 Å². The molecule has 3 nitrogen and oxygen atoms in total. The number of likely N-dealkylation sites (tertiary alicyclic amines) is 1. The minimum atomic E-state index is -0.196. The van der Waals surface area contributed by atoms with Crippen LogP contribution in [0.3, 0.4) is 0 Å². The molecule has 3 atom stereocenters. The summed E-state index contributed by atoms with van der Waals surface area (Å²) >= 11 is 0. The lowest BCUT2D eigenvalue weighted by Gasteiger charge is -2.25. The zero-order chi connectivity index (χ0) is 13.1.